The molecule has 0 rings (SSSR count). The van der Waals surface area contributed by atoms with E-state index in [1.807, 2.05) is 6.08 Å². The maximum absolute atomic E-state index is 12.4. The lowest BCUT2D eigenvalue weighted by molar-refractivity contribution is -0.131. The number of hydrogen-bond donors (Lipinski definition) is 4. The molecule has 0 bridgehead atoms. The van der Waals surface area contributed by atoms with Crippen LogP contribution in [0.25, 0.3) is 0 Å². The van der Waals surface area contributed by atoms with Gasteiger partial charge in [0.25, 0.3) is 10.1 Å². The van der Waals surface area contributed by atoms with E-state index < -0.39 is 40.0 Å². The SMILES string of the molecule is CCCCCC/C=C\CCC(O)C(=O)NC(CS(=O)(=O)O)C(O)CCCCCCCCCCCCC. The number of hydrogen-bond acceptors (Lipinski definition) is 5. The van der Waals surface area contributed by atoms with Gasteiger partial charge in [-0.2, -0.15) is 8.42 Å². The van der Waals surface area contributed by atoms with Gasteiger partial charge in [-0.25, -0.2) is 0 Å². The number of nitrogens with one attached hydrogen (secondary N) is 1. The first-order valence-corrected chi connectivity index (χ1v) is 16.1. The molecule has 214 valence electrons. The molecule has 0 fully saturated rings. The number of carbonyl (C=O) groups is 1. The Hall–Kier alpha value is -0.960. The van der Waals surface area contributed by atoms with Crippen molar-refractivity contribution in [1.82, 2.24) is 5.32 Å². The molecule has 0 saturated heterocycles. The topological polar surface area (TPSA) is 124 Å². The third kappa shape index (κ3) is 22.3. The lowest BCUT2D eigenvalue weighted by Gasteiger charge is -2.24. The molecule has 0 aromatic heterocycles. The first-order chi connectivity index (χ1) is 17.2. The third-order valence-corrected chi connectivity index (χ3v) is 7.37. The zero-order valence-electron chi connectivity index (χ0n) is 23.0. The molecule has 8 heteroatoms. The van der Waals surface area contributed by atoms with E-state index in [0.717, 1.165) is 32.1 Å². The summed E-state index contributed by atoms with van der Waals surface area (Å²) in [6.07, 6.45) is 21.2. The van der Waals surface area contributed by atoms with Crippen LogP contribution in [-0.4, -0.2) is 53.1 Å². The van der Waals surface area contributed by atoms with Crippen LogP contribution in [0.4, 0.5) is 0 Å². The van der Waals surface area contributed by atoms with Crippen molar-refractivity contribution in [3.05, 3.63) is 12.2 Å². The highest BCUT2D eigenvalue weighted by Crippen LogP contribution is 2.14. The van der Waals surface area contributed by atoms with Crippen molar-refractivity contribution in [1.29, 1.82) is 0 Å². The van der Waals surface area contributed by atoms with Crippen molar-refractivity contribution in [2.45, 2.75) is 154 Å². The largest absolute Gasteiger partial charge is 0.391 e. The molecule has 3 unspecified atom stereocenters. The molecular weight excluding hydrogens is 478 g/mol. The predicted molar refractivity (Wildman–Crippen MR) is 149 cm³/mol. The molecule has 1 amide bonds. The van der Waals surface area contributed by atoms with Gasteiger partial charge in [-0.3, -0.25) is 9.35 Å². The van der Waals surface area contributed by atoms with Crippen LogP contribution in [0.5, 0.6) is 0 Å². The monoisotopic (exact) mass is 533 g/mol. The van der Waals surface area contributed by atoms with Crippen molar-refractivity contribution in [3.63, 3.8) is 0 Å². The average Bonchev–Trinajstić information content (AvgIpc) is 2.82. The second-order valence-electron chi connectivity index (χ2n) is 10.2. The minimum atomic E-state index is -4.40. The highest BCUT2D eigenvalue weighted by molar-refractivity contribution is 7.85. The number of unbranched alkanes of at least 4 members (excludes halogenated alkanes) is 14. The van der Waals surface area contributed by atoms with E-state index in [0.29, 0.717) is 19.3 Å². The quantitative estimate of drug-likeness (QED) is 0.0640. The summed E-state index contributed by atoms with van der Waals surface area (Å²) in [5.74, 6) is -1.50. The van der Waals surface area contributed by atoms with Gasteiger partial charge in [0.1, 0.15) is 6.10 Å². The van der Waals surface area contributed by atoms with Crippen LogP contribution in [0.15, 0.2) is 12.2 Å². The van der Waals surface area contributed by atoms with Crippen molar-refractivity contribution < 1.29 is 28.0 Å². The second kappa shape index (κ2) is 23.2. The van der Waals surface area contributed by atoms with Crippen LogP contribution in [0, 0.1) is 0 Å². The number of amides is 1. The van der Waals surface area contributed by atoms with Gasteiger partial charge in [0.05, 0.1) is 17.9 Å². The second-order valence-corrected chi connectivity index (χ2v) is 11.7. The van der Waals surface area contributed by atoms with E-state index >= 15 is 0 Å². The lowest BCUT2D eigenvalue weighted by atomic mass is 10.0. The van der Waals surface area contributed by atoms with Gasteiger partial charge < -0.3 is 15.5 Å². The summed E-state index contributed by atoms with van der Waals surface area (Å²) in [6.45, 7) is 4.39. The molecule has 0 aromatic rings. The Morgan fingerprint density at radius 3 is 1.72 bits per heavy atom. The van der Waals surface area contributed by atoms with Gasteiger partial charge in [-0.05, 0) is 32.1 Å². The molecule has 0 aromatic carbocycles. The number of aliphatic hydroxyl groups is 2. The molecule has 3 atom stereocenters. The van der Waals surface area contributed by atoms with Crippen LogP contribution in [0.2, 0.25) is 0 Å². The summed E-state index contributed by atoms with van der Waals surface area (Å²) in [6, 6.07) is -1.15. The van der Waals surface area contributed by atoms with E-state index in [1.54, 1.807) is 0 Å². The van der Waals surface area contributed by atoms with Crippen LogP contribution in [-0.2, 0) is 14.9 Å². The average molecular weight is 534 g/mol. The molecule has 0 aliphatic carbocycles. The normalized spacial score (nSPS) is 14.7. The standard InChI is InChI=1S/C28H55NO6S/c1-3-5-7-9-11-13-14-15-17-18-20-22-26(30)25(24-36(33,34)35)29-28(32)27(31)23-21-19-16-12-10-8-6-4-2/h16,19,25-27,30-31H,3-15,17-18,20-24H2,1-2H3,(H,29,32)(H,33,34,35)/b19-16-. The molecule has 0 aliphatic rings. The number of rotatable bonds is 25. The van der Waals surface area contributed by atoms with E-state index in [2.05, 4.69) is 25.2 Å². The fourth-order valence-corrected chi connectivity index (χ4v) is 5.04. The smallest absolute Gasteiger partial charge is 0.266 e. The Balaban J connectivity index is 4.27. The van der Waals surface area contributed by atoms with Crippen molar-refractivity contribution in [3.8, 4) is 0 Å². The molecule has 0 spiro atoms. The Labute approximate surface area is 221 Å². The minimum Gasteiger partial charge on any atom is -0.391 e. The van der Waals surface area contributed by atoms with Gasteiger partial charge in [-0.1, -0.05) is 116 Å². The van der Waals surface area contributed by atoms with Gasteiger partial charge >= 0.3 is 0 Å². The fraction of sp³-hybridized carbons (Fsp3) is 0.893. The van der Waals surface area contributed by atoms with E-state index in [9.17, 15) is 28.0 Å². The van der Waals surface area contributed by atoms with Gasteiger partial charge in [-0.15, -0.1) is 0 Å². The molecule has 7 nitrogen and oxygen atoms in total. The zero-order valence-corrected chi connectivity index (χ0v) is 23.8. The Bertz CT molecular complexity index is 652. The van der Waals surface area contributed by atoms with Crippen LogP contribution < -0.4 is 5.32 Å². The number of allylic oxidation sites excluding steroid dienone is 2. The van der Waals surface area contributed by atoms with Crippen LogP contribution in [0.3, 0.4) is 0 Å². The van der Waals surface area contributed by atoms with E-state index in [1.165, 1.54) is 64.2 Å². The van der Waals surface area contributed by atoms with Gasteiger partial charge in [0, 0.05) is 0 Å². The summed E-state index contributed by atoms with van der Waals surface area (Å²) in [5, 5.41) is 23.1. The minimum absolute atomic E-state index is 0.213. The first-order valence-electron chi connectivity index (χ1n) is 14.5. The number of aliphatic hydroxyl groups excluding tert-OH is 2. The summed E-state index contributed by atoms with van der Waals surface area (Å²) in [7, 11) is -4.40. The summed E-state index contributed by atoms with van der Waals surface area (Å²) in [5.41, 5.74) is 0. The maximum Gasteiger partial charge on any atom is 0.266 e. The Morgan fingerprint density at radius 1 is 0.722 bits per heavy atom. The molecular formula is C28H55NO6S. The first kappa shape index (κ1) is 35.0. The molecule has 0 aliphatic heterocycles. The van der Waals surface area contributed by atoms with Gasteiger partial charge in [0.15, 0.2) is 0 Å². The van der Waals surface area contributed by atoms with Crippen molar-refractivity contribution in [2.75, 3.05) is 5.75 Å². The van der Waals surface area contributed by atoms with Crippen molar-refractivity contribution >= 4 is 16.0 Å². The maximum atomic E-state index is 12.4. The molecule has 0 radical (unpaired) electrons. The molecule has 0 saturated carbocycles. The molecule has 4 N–H and O–H groups in total. The van der Waals surface area contributed by atoms with Gasteiger partial charge in [0.2, 0.25) is 5.91 Å². The number of carbonyl (C=O) groups excluding carboxylic acids is 1. The Kier molecular flexibility index (Phi) is 22.6. The van der Waals surface area contributed by atoms with Crippen LogP contribution in [0.1, 0.15) is 136 Å². The Morgan fingerprint density at radius 2 is 1.19 bits per heavy atom. The summed E-state index contributed by atoms with van der Waals surface area (Å²) >= 11 is 0. The van der Waals surface area contributed by atoms with Crippen LogP contribution >= 0.6 is 0 Å². The van der Waals surface area contributed by atoms with E-state index in [4.69, 9.17) is 0 Å². The molecule has 0 heterocycles. The summed E-state index contributed by atoms with van der Waals surface area (Å²) in [4.78, 5) is 12.4. The lowest BCUT2D eigenvalue weighted by Crippen LogP contribution is -2.50. The fourth-order valence-electron chi connectivity index (χ4n) is 4.28. The van der Waals surface area contributed by atoms with Crippen molar-refractivity contribution in [2.24, 2.45) is 0 Å². The predicted octanol–water partition coefficient (Wildman–Crippen LogP) is 6.09. The highest BCUT2D eigenvalue weighted by Gasteiger charge is 2.28. The summed E-state index contributed by atoms with van der Waals surface area (Å²) < 4.78 is 32.1. The highest BCUT2D eigenvalue weighted by atomic mass is 32.2. The zero-order chi connectivity index (χ0) is 27.1. The third-order valence-electron chi connectivity index (χ3n) is 6.59. The molecule has 36 heavy (non-hydrogen) atoms. The van der Waals surface area contributed by atoms with E-state index in [-0.39, 0.29) is 6.42 Å².